The molecule has 206 valence electrons. The van der Waals surface area contributed by atoms with Gasteiger partial charge in [-0.15, -0.1) is 0 Å². The molecule has 0 aliphatic heterocycles. The molecule has 0 aromatic carbocycles. The van der Waals surface area contributed by atoms with E-state index in [-0.39, 0.29) is 0 Å². The first-order valence-electron chi connectivity index (χ1n) is 12.0. The molecule has 10 heteroatoms. The van der Waals surface area contributed by atoms with Crippen LogP contribution in [0.4, 0.5) is 8.78 Å². The fourth-order valence-corrected chi connectivity index (χ4v) is 2.77. The van der Waals surface area contributed by atoms with Crippen LogP contribution in [0.2, 0.25) is 0 Å². The Morgan fingerprint density at radius 1 is 1.05 bits per heavy atom. The van der Waals surface area contributed by atoms with Crippen LogP contribution in [0, 0.1) is 32.1 Å². The number of pyridine rings is 2. The van der Waals surface area contributed by atoms with E-state index < -0.39 is 12.0 Å². The number of thiol groups is 1. The third kappa shape index (κ3) is 12.3. The number of nitrogens with two attached hydrogens (primary N) is 1. The first-order chi connectivity index (χ1) is 17.9. The summed E-state index contributed by atoms with van der Waals surface area (Å²) in [5.41, 5.74) is 10.6. The average Bonchev–Trinajstić information content (AvgIpc) is 2.87. The van der Waals surface area contributed by atoms with Gasteiger partial charge in [-0.3, -0.25) is 9.97 Å². The molecule has 0 saturated carbocycles. The van der Waals surface area contributed by atoms with E-state index in [4.69, 9.17) is 10.3 Å². The minimum Gasteiger partial charge on any atom is -0.333 e. The molecule has 3 N–H and O–H groups in total. The van der Waals surface area contributed by atoms with Gasteiger partial charge >= 0.3 is 0 Å². The molecule has 3 heterocycles. The first kappa shape index (κ1) is 34.7. The summed E-state index contributed by atoms with van der Waals surface area (Å²) in [6.45, 7) is 12.3. The van der Waals surface area contributed by atoms with Gasteiger partial charge in [0.05, 0.1) is 23.0 Å². The summed E-state index contributed by atoms with van der Waals surface area (Å²) in [5, 5.41) is 9.92. The van der Waals surface area contributed by atoms with Crippen LogP contribution in [0.5, 0.6) is 0 Å². The van der Waals surface area contributed by atoms with Gasteiger partial charge < -0.3 is 10.3 Å². The Hall–Kier alpha value is -3.26. The Balaban J connectivity index is 0.000000966. The Kier molecular flexibility index (Phi) is 16.5. The summed E-state index contributed by atoms with van der Waals surface area (Å²) in [6.07, 6.45) is 8.63. The molecule has 0 amide bonds. The second kappa shape index (κ2) is 18.1. The number of aromatic nitrogens is 4. The number of allylic oxidation sites excluding steroid dienone is 2. The van der Waals surface area contributed by atoms with Crippen molar-refractivity contribution in [3.63, 3.8) is 0 Å². The molecular weight excluding hydrogens is 506 g/mol. The third-order valence-corrected chi connectivity index (χ3v) is 4.84. The van der Waals surface area contributed by atoms with Crippen LogP contribution < -0.4 is 5.73 Å². The fourth-order valence-electron chi connectivity index (χ4n) is 2.77. The fraction of sp³-hybridized carbons (Fsp3) is 0.393. The quantitative estimate of drug-likeness (QED) is 0.186. The maximum absolute atomic E-state index is 11.7. The normalized spacial score (nSPS) is 11.7. The van der Waals surface area contributed by atoms with Gasteiger partial charge in [-0.2, -0.15) is 5.26 Å². The lowest BCUT2D eigenvalue weighted by molar-refractivity contribution is 0.000495. The highest BCUT2D eigenvalue weighted by atomic mass is 32.1. The van der Waals surface area contributed by atoms with Crippen LogP contribution in [0.25, 0.3) is 11.1 Å². The minimum absolute atomic E-state index is 0.411. The van der Waals surface area contributed by atoms with Crippen LogP contribution in [0.15, 0.2) is 49.1 Å². The number of hydrogen-bond acceptors (Lipinski definition) is 8. The highest BCUT2D eigenvalue weighted by Crippen LogP contribution is 2.28. The number of nitriles is 1. The number of rotatable bonds is 5. The van der Waals surface area contributed by atoms with E-state index in [2.05, 4.69) is 52.8 Å². The molecule has 0 saturated heterocycles. The van der Waals surface area contributed by atoms with E-state index in [1.165, 1.54) is 13.3 Å². The molecule has 0 aliphatic rings. The zero-order valence-corrected chi connectivity index (χ0v) is 24.0. The summed E-state index contributed by atoms with van der Waals surface area (Å²) in [6, 6.07) is 9.01. The van der Waals surface area contributed by atoms with Crippen molar-refractivity contribution < 1.29 is 13.3 Å². The lowest BCUT2D eigenvalue weighted by atomic mass is 9.96. The number of alkyl halides is 2. The first-order valence-corrected chi connectivity index (χ1v) is 12.4. The van der Waals surface area contributed by atoms with E-state index in [1.807, 2.05) is 39.0 Å². The average molecular weight is 545 g/mol. The second-order valence-corrected chi connectivity index (χ2v) is 8.66. The van der Waals surface area contributed by atoms with E-state index in [0.29, 0.717) is 23.5 Å². The molecule has 1 atom stereocenters. The van der Waals surface area contributed by atoms with Crippen LogP contribution in [0.3, 0.4) is 0 Å². The summed E-state index contributed by atoms with van der Waals surface area (Å²) < 4.78 is 30.1. The van der Waals surface area contributed by atoms with Crippen molar-refractivity contribution in [2.24, 2.45) is 5.73 Å². The molecule has 1 unspecified atom stereocenters. The van der Waals surface area contributed by atoms with Crippen LogP contribution in [-0.4, -0.2) is 36.5 Å². The maximum Gasteiger partial charge on any atom is 0.259 e. The van der Waals surface area contributed by atoms with Crippen molar-refractivity contribution in [2.75, 3.05) is 0 Å². The monoisotopic (exact) mass is 544 g/mol. The lowest BCUT2D eigenvalue weighted by Gasteiger charge is -2.12. The number of hydrogen-bond donors (Lipinski definition) is 3. The molecule has 0 bridgehead atoms. The van der Waals surface area contributed by atoms with Crippen molar-refractivity contribution in [1.29, 1.82) is 5.26 Å². The largest absolute Gasteiger partial charge is 0.333 e. The van der Waals surface area contributed by atoms with Gasteiger partial charge in [0.25, 0.3) is 5.92 Å². The molecule has 0 radical (unpaired) electrons. The van der Waals surface area contributed by atoms with E-state index in [0.717, 1.165) is 34.9 Å². The summed E-state index contributed by atoms with van der Waals surface area (Å²) in [7, 11) is 0. The highest BCUT2D eigenvalue weighted by molar-refractivity contribution is 7.74. The lowest BCUT2D eigenvalue weighted by Crippen LogP contribution is -2.34. The van der Waals surface area contributed by atoms with E-state index >= 15 is 0 Å². The zero-order chi connectivity index (χ0) is 29.3. The van der Waals surface area contributed by atoms with Gasteiger partial charge in [-0.05, 0) is 69.4 Å². The van der Waals surface area contributed by atoms with Gasteiger partial charge in [0.1, 0.15) is 11.9 Å². The summed E-state index contributed by atoms with van der Waals surface area (Å²) in [5.74, 6) is -2.08. The number of halogens is 2. The van der Waals surface area contributed by atoms with Gasteiger partial charge in [0.15, 0.2) is 0 Å². The molecule has 3 rings (SSSR count). The smallest absolute Gasteiger partial charge is 0.259 e. The van der Waals surface area contributed by atoms with Crippen molar-refractivity contribution in [2.45, 2.75) is 73.3 Å². The zero-order valence-electron chi connectivity index (χ0n) is 23.1. The Morgan fingerprint density at radius 3 is 2.00 bits per heavy atom. The predicted octanol–water partition coefficient (Wildman–Crippen LogP) is 6.66. The van der Waals surface area contributed by atoms with Crippen molar-refractivity contribution in [3.05, 3.63) is 83.0 Å². The SMILES string of the molecule is CC(N)C(C)(F)F.CCC.Cc1ccc(/C(Cc2ncccn2)=C(\C#N)c2ncc(C)cc2C)nc1.OS. The number of nitrogens with zero attached hydrogens (tertiary/aromatic N) is 5. The molecule has 0 fully saturated rings. The van der Waals surface area contributed by atoms with Crippen molar-refractivity contribution in [1.82, 2.24) is 19.9 Å². The molecule has 3 aromatic heterocycles. The molecule has 38 heavy (non-hydrogen) atoms. The molecule has 7 nitrogen and oxygen atoms in total. The van der Waals surface area contributed by atoms with Crippen molar-refractivity contribution in [3.8, 4) is 6.07 Å². The Morgan fingerprint density at radius 2 is 1.58 bits per heavy atom. The maximum atomic E-state index is 11.7. The topological polar surface area (TPSA) is 122 Å². The summed E-state index contributed by atoms with van der Waals surface area (Å²) in [4.78, 5) is 17.6. The highest BCUT2D eigenvalue weighted by Gasteiger charge is 2.26. The van der Waals surface area contributed by atoms with E-state index in [9.17, 15) is 14.0 Å². The van der Waals surface area contributed by atoms with Gasteiger partial charge in [0, 0.05) is 43.7 Å². The predicted molar refractivity (Wildman–Crippen MR) is 153 cm³/mol. The molecule has 0 aliphatic carbocycles. The number of aryl methyl sites for hydroxylation is 3. The van der Waals surface area contributed by atoms with Gasteiger partial charge in [-0.25, -0.2) is 18.7 Å². The standard InChI is InChI=1S/C21H19N5.C4H9F2N.C3H8.H2OS/c1-14-5-6-19(25-12-14)17(10-20-23-7-4-8-24-20)18(11-22)21-16(3)9-15(2)13-26-21;1-3(7)4(2,5)6;1-3-2;1-2/h4-9,12-13H,10H2,1-3H3;3H,7H2,1-2H3;3H2,1-2H3;1-2H/b18-17+;;;. The van der Waals surface area contributed by atoms with Crippen LogP contribution >= 0.6 is 12.9 Å². The van der Waals surface area contributed by atoms with Gasteiger partial charge in [-0.1, -0.05) is 32.4 Å². The minimum atomic E-state index is -2.72. The molecule has 3 aromatic rings. The van der Waals surface area contributed by atoms with Gasteiger partial charge in [0.2, 0.25) is 0 Å². The van der Waals surface area contributed by atoms with Crippen molar-refractivity contribution >= 4 is 24.1 Å². The second-order valence-electron chi connectivity index (χ2n) is 8.66. The van der Waals surface area contributed by atoms with Crippen LogP contribution in [-0.2, 0) is 6.42 Å². The Labute approximate surface area is 230 Å². The van der Waals surface area contributed by atoms with E-state index in [1.54, 1.807) is 30.9 Å². The molecule has 0 spiro atoms. The third-order valence-electron chi connectivity index (χ3n) is 4.84. The Bertz CT molecular complexity index is 1160. The van der Waals surface area contributed by atoms with Crippen LogP contribution in [0.1, 0.15) is 68.0 Å². The summed E-state index contributed by atoms with van der Waals surface area (Å²) >= 11 is 2.53. The molecular formula is C28H38F2N6OS.